The minimum atomic E-state index is 0.583. The van der Waals surface area contributed by atoms with Crippen LogP contribution in [0.3, 0.4) is 0 Å². The smallest absolute Gasteiger partial charge is 0.247 e. The Morgan fingerprint density at radius 1 is 1.18 bits per heavy atom. The first-order chi connectivity index (χ1) is 8.20. The molecule has 0 amide bonds. The molecule has 0 spiro atoms. The zero-order valence-electron chi connectivity index (χ0n) is 10.2. The van der Waals surface area contributed by atoms with Crippen LogP contribution in [0.15, 0.2) is 22.6 Å². The van der Waals surface area contributed by atoms with Crippen LogP contribution in [0.1, 0.15) is 23.4 Å². The normalized spacial score (nSPS) is 10.8. The SMILES string of the molecule is Cc1ccc(-c2nnc(CCCN)o2)cc1C. The van der Waals surface area contributed by atoms with Crippen LogP contribution in [0, 0.1) is 13.8 Å². The Labute approximate surface area is 101 Å². The molecule has 0 saturated heterocycles. The van der Waals surface area contributed by atoms with Gasteiger partial charge in [-0.1, -0.05) is 6.07 Å². The summed E-state index contributed by atoms with van der Waals surface area (Å²) in [6.07, 6.45) is 1.61. The molecule has 0 bridgehead atoms. The number of nitrogens with zero attached hydrogens (tertiary/aromatic N) is 2. The van der Waals surface area contributed by atoms with E-state index in [-0.39, 0.29) is 0 Å². The maximum atomic E-state index is 5.59. The van der Waals surface area contributed by atoms with Crippen molar-refractivity contribution >= 4 is 0 Å². The van der Waals surface area contributed by atoms with Crippen molar-refractivity contribution in [2.75, 3.05) is 6.54 Å². The number of benzene rings is 1. The van der Waals surface area contributed by atoms with Crippen molar-refractivity contribution in [3.8, 4) is 11.5 Å². The maximum absolute atomic E-state index is 5.59. The van der Waals surface area contributed by atoms with Crippen LogP contribution in [0.4, 0.5) is 0 Å². The molecule has 2 N–H and O–H groups in total. The number of rotatable bonds is 4. The van der Waals surface area contributed by atoms with Crippen LogP contribution >= 0.6 is 0 Å². The van der Waals surface area contributed by atoms with E-state index in [0.29, 0.717) is 18.3 Å². The van der Waals surface area contributed by atoms with Crippen LogP contribution in [-0.4, -0.2) is 16.7 Å². The Morgan fingerprint density at radius 3 is 2.71 bits per heavy atom. The van der Waals surface area contributed by atoms with Gasteiger partial charge in [0.1, 0.15) is 0 Å². The minimum absolute atomic E-state index is 0.583. The van der Waals surface area contributed by atoms with Crippen molar-refractivity contribution in [2.24, 2.45) is 5.73 Å². The molecular weight excluding hydrogens is 214 g/mol. The summed E-state index contributed by atoms with van der Waals surface area (Å²) >= 11 is 0. The Hall–Kier alpha value is -1.68. The standard InChI is InChI=1S/C13H17N3O/c1-9-5-6-11(8-10(9)2)13-16-15-12(17-13)4-3-7-14/h5-6,8H,3-4,7,14H2,1-2H3. The van der Waals surface area contributed by atoms with Gasteiger partial charge in [0.2, 0.25) is 11.8 Å². The van der Waals surface area contributed by atoms with E-state index in [4.69, 9.17) is 10.2 Å². The van der Waals surface area contributed by atoms with Gasteiger partial charge in [0.25, 0.3) is 0 Å². The zero-order chi connectivity index (χ0) is 12.3. The van der Waals surface area contributed by atoms with Gasteiger partial charge in [0.05, 0.1) is 0 Å². The fourth-order valence-corrected chi connectivity index (χ4v) is 1.60. The summed E-state index contributed by atoms with van der Waals surface area (Å²) in [5.41, 5.74) is 8.90. The number of nitrogens with two attached hydrogens (primary N) is 1. The molecule has 0 aliphatic heterocycles. The molecule has 0 radical (unpaired) electrons. The van der Waals surface area contributed by atoms with Crippen LogP contribution in [0.25, 0.3) is 11.5 Å². The lowest BCUT2D eigenvalue weighted by Crippen LogP contribution is -2.00. The van der Waals surface area contributed by atoms with E-state index in [9.17, 15) is 0 Å². The number of aryl methyl sites for hydroxylation is 3. The third-order valence-corrected chi connectivity index (χ3v) is 2.82. The van der Waals surface area contributed by atoms with Crippen molar-refractivity contribution < 1.29 is 4.42 Å². The third-order valence-electron chi connectivity index (χ3n) is 2.82. The number of hydrogen-bond donors (Lipinski definition) is 1. The Morgan fingerprint density at radius 2 is 2.00 bits per heavy atom. The number of aromatic nitrogens is 2. The van der Waals surface area contributed by atoms with E-state index in [2.05, 4.69) is 36.2 Å². The van der Waals surface area contributed by atoms with E-state index in [1.54, 1.807) is 0 Å². The van der Waals surface area contributed by atoms with E-state index in [1.165, 1.54) is 11.1 Å². The second kappa shape index (κ2) is 5.10. The summed E-state index contributed by atoms with van der Waals surface area (Å²) in [7, 11) is 0. The molecule has 4 nitrogen and oxygen atoms in total. The van der Waals surface area contributed by atoms with Crippen molar-refractivity contribution in [2.45, 2.75) is 26.7 Å². The minimum Gasteiger partial charge on any atom is -0.421 e. The zero-order valence-corrected chi connectivity index (χ0v) is 10.2. The van der Waals surface area contributed by atoms with Crippen LogP contribution in [0.2, 0.25) is 0 Å². The predicted octanol–water partition coefficient (Wildman–Crippen LogP) is 2.24. The van der Waals surface area contributed by atoms with Crippen LogP contribution < -0.4 is 5.73 Å². The quantitative estimate of drug-likeness (QED) is 0.876. The van der Waals surface area contributed by atoms with E-state index in [1.807, 2.05) is 6.07 Å². The van der Waals surface area contributed by atoms with Crippen molar-refractivity contribution in [1.82, 2.24) is 10.2 Å². The molecule has 90 valence electrons. The molecule has 0 aliphatic carbocycles. The molecule has 4 heteroatoms. The fraction of sp³-hybridized carbons (Fsp3) is 0.385. The second-order valence-corrected chi connectivity index (χ2v) is 4.19. The van der Waals surface area contributed by atoms with Gasteiger partial charge < -0.3 is 10.2 Å². The van der Waals surface area contributed by atoms with Gasteiger partial charge in [0, 0.05) is 12.0 Å². The molecule has 0 unspecified atom stereocenters. The highest BCUT2D eigenvalue weighted by Gasteiger charge is 2.08. The third kappa shape index (κ3) is 2.71. The van der Waals surface area contributed by atoms with E-state index < -0.39 is 0 Å². The first-order valence-electron chi connectivity index (χ1n) is 5.81. The van der Waals surface area contributed by atoms with Crippen LogP contribution in [-0.2, 0) is 6.42 Å². The Kier molecular flexibility index (Phi) is 3.54. The van der Waals surface area contributed by atoms with Crippen molar-refractivity contribution in [1.29, 1.82) is 0 Å². The van der Waals surface area contributed by atoms with Gasteiger partial charge in [-0.25, -0.2) is 0 Å². The molecular formula is C13H17N3O. The molecule has 0 saturated carbocycles. The van der Waals surface area contributed by atoms with Gasteiger partial charge in [-0.15, -0.1) is 10.2 Å². The topological polar surface area (TPSA) is 64.9 Å². The van der Waals surface area contributed by atoms with Crippen molar-refractivity contribution in [3.63, 3.8) is 0 Å². The van der Waals surface area contributed by atoms with Crippen LogP contribution in [0.5, 0.6) is 0 Å². The van der Waals surface area contributed by atoms with Gasteiger partial charge in [-0.3, -0.25) is 0 Å². The first-order valence-corrected chi connectivity index (χ1v) is 5.81. The highest BCUT2D eigenvalue weighted by atomic mass is 16.4. The molecule has 1 aromatic carbocycles. The first kappa shape index (κ1) is 11.8. The summed E-state index contributed by atoms with van der Waals surface area (Å²) in [6.45, 7) is 4.80. The molecule has 17 heavy (non-hydrogen) atoms. The Balaban J connectivity index is 2.21. The summed E-state index contributed by atoms with van der Waals surface area (Å²) < 4.78 is 5.59. The lowest BCUT2D eigenvalue weighted by atomic mass is 10.1. The predicted molar refractivity (Wildman–Crippen MR) is 66.6 cm³/mol. The largest absolute Gasteiger partial charge is 0.421 e. The average molecular weight is 231 g/mol. The molecule has 0 fully saturated rings. The summed E-state index contributed by atoms with van der Waals surface area (Å²) in [5, 5.41) is 8.06. The van der Waals surface area contributed by atoms with Gasteiger partial charge in [-0.2, -0.15) is 0 Å². The molecule has 2 rings (SSSR count). The lowest BCUT2D eigenvalue weighted by Gasteiger charge is -2.00. The molecule has 0 atom stereocenters. The second-order valence-electron chi connectivity index (χ2n) is 4.19. The average Bonchev–Trinajstić information content (AvgIpc) is 2.79. The van der Waals surface area contributed by atoms with Gasteiger partial charge in [0.15, 0.2) is 0 Å². The highest BCUT2D eigenvalue weighted by molar-refractivity contribution is 5.55. The molecule has 1 aromatic heterocycles. The molecule has 1 heterocycles. The Bertz CT molecular complexity index is 505. The van der Waals surface area contributed by atoms with E-state index >= 15 is 0 Å². The summed E-state index contributed by atoms with van der Waals surface area (Å²) in [5.74, 6) is 1.24. The van der Waals surface area contributed by atoms with Crippen molar-refractivity contribution in [3.05, 3.63) is 35.2 Å². The molecule has 2 aromatic rings. The fourth-order valence-electron chi connectivity index (χ4n) is 1.60. The highest BCUT2D eigenvalue weighted by Crippen LogP contribution is 2.21. The molecule has 0 aliphatic rings. The summed E-state index contributed by atoms with van der Waals surface area (Å²) in [6, 6.07) is 6.13. The maximum Gasteiger partial charge on any atom is 0.247 e. The monoisotopic (exact) mass is 231 g/mol. The van der Waals surface area contributed by atoms with Gasteiger partial charge >= 0.3 is 0 Å². The van der Waals surface area contributed by atoms with Gasteiger partial charge in [-0.05, 0) is 50.1 Å². The summed E-state index contributed by atoms with van der Waals surface area (Å²) in [4.78, 5) is 0. The lowest BCUT2D eigenvalue weighted by molar-refractivity contribution is 0.499. The number of hydrogen-bond acceptors (Lipinski definition) is 4. The van der Waals surface area contributed by atoms with E-state index in [0.717, 1.165) is 18.4 Å².